The number of halogens is 3. The Morgan fingerprint density at radius 1 is 0.949 bits per heavy atom. The smallest absolute Gasteiger partial charge is 0.264 e. The number of amides is 2. The normalized spacial score (nSPS) is 12.9. The number of sulfonamides is 1. The van der Waals surface area contributed by atoms with Crippen LogP contribution in [0.25, 0.3) is 0 Å². The summed E-state index contributed by atoms with van der Waals surface area (Å²) >= 11 is 16.1. The van der Waals surface area contributed by atoms with Gasteiger partial charge in [-0.3, -0.25) is 13.9 Å². The van der Waals surface area contributed by atoms with Crippen molar-refractivity contribution < 1.29 is 18.0 Å². The summed E-state index contributed by atoms with van der Waals surface area (Å²) in [7, 11) is -4.23. The molecule has 0 saturated carbocycles. The van der Waals surface area contributed by atoms with Crippen LogP contribution in [0.3, 0.4) is 0 Å². The summed E-state index contributed by atoms with van der Waals surface area (Å²) in [5, 5.41) is 3.04. The molecule has 3 aromatic rings. The highest BCUT2D eigenvalue weighted by molar-refractivity contribution is 9.10. The molecule has 3 rings (SSSR count). The number of carbonyl (C=O) groups excluding carboxylic acids is 2. The highest BCUT2D eigenvalue weighted by atomic mass is 79.9. The number of benzene rings is 3. The van der Waals surface area contributed by atoms with Crippen molar-refractivity contribution in [2.75, 3.05) is 10.8 Å². The van der Waals surface area contributed by atoms with Crippen molar-refractivity contribution >= 4 is 66.7 Å². The first-order valence-corrected chi connectivity index (χ1v) is 15.3. The highest BCUT2D eigenvalue weighted by Gasteiger charge is 2.33. The summed E-state index contributed by atoms with van der Waals surface area (Å²) in [6.45, 7) is 4.93. The van der Waals surface area contributed by atoms with Crippen LogP contribution in [0.1, 0.15) is 32.8 Å². The maximum atomic E-state index is 13.9. The largest absolute Gasteiger partial charge is 0.352 e. The molecule has 11 heteroatoms. The minimum atomic E-state index is -4.23. The van der Waals surface area contributed by atoms with Crippen molar-refractivity contribution in [3.8, 4) is 0 Å². The Balaban J connectivity index is 2.05. The van der Waals surface area contributed by atoms with Crippen LogP contribution in [0.2, 0.25) is 10.0 Å². The molecule has 39 heavy (non-hydrogen) atoms. The van der Waals surface area contributed by atoms with Crippen LogP contribution in [-0.4, -0.2) is 43.8 Å². The molecule has 0 heterocycles. The fourth-order valence-electron chi connectivity index (χ4n) is 3.75. The number of rotatable bonds is 11. The van der Waals surface area contributed by atoms with E-state index >= 15 is 0 Å². The maximum absolute atomic E-state index is 13.9. The molecule has 1 N–H and O–H groups in total. The molecular formula is C28H30BrCl2N3O4S. The first-order valence-electron chi connectivity index (χ1n) is 12.3. The van der Waals surface area contributed by atoms with Gasteiger partial charge in [-0.15, -0.1) is 0 Å². The quantitative estimate of drug-likeness (QED) is 0.264. The highest BCUT2D eigenvalue weighted by Crippen LogP contribution is 2.35. The van der Waals surface area contributed by atoms with Gasteiger partial charge in [0.05, 0.1) is 20.6 Å². The Morgan fingerprint density at radius 3 is 2.21 bits per heavy atom. The van der Waals surface area contributed by atoms with Gasteiger partial charge in [-0.2, -0.15) is 0 Å². The summed E-state index contributed by atoms with van der Waals surface area (Å²) < 4.78 is 29.4. The van der Waals surface area contributed by atoms with E-state index < -0.39 is 28.5 Å². The van der Waals surface area contributed by atoms with Gasteiger partial charge < -0.3 is 10.2 Å². The van der Waals surface area contributed by atoms with Gasteiger partial charge in [0.2, 0.25) is 11.8 Å². The standard InChI is InChI=1S/C28H30BrCl2N3O4S/c1-4-19(2)32-28(36)20(3)33(17-21-13-15-22(29)16-14-21)26(35)18-34(25-12-8-11-24(30)27(25)31)39(37,38)23-9-6-5-7-10-23/h5-16,19-20H,4,17-18H2,1-3H3,(H,32,36)/t19-,20+/m1/s1. The molecule has 208 valence electrons. The third-order valence-corrected chi connectivity index (χ3v) is 9.36. The van der Waals surface area contributed by atoms with Gasteiger partial charge in [0.15, 0.2) is 0 Å². The molecule has 0 aliphatic carbocycles. The van der Waals surface area contributed by atoms with Gasteiger partial charge >= 0.3 is 0 Å². The molecule has 0 bridgehead atoms. The van der Waals surface area contributed by atoms with Crippen LogP contribution >= 0.6 is 39.1 Å². The maximum Gasteiger partial charge on any atom is 0.264 e. The van der Waals surface area contributed by atoms with E-state index in [1.54, 1.807) is 31.2 Å². The van der Waals surface area contributed by atoms with E-state index in [1.165, 1.54) is 29.2 Å². The van der Waals surface area contributed by atoms with Crippen molar-refractivity contribution in [2.45, 2.75) is 50.7 Å². The molecular weight excluding hydrogens is 625 g/mol. The summed E-state index contributed by atoms with van der Waals surface area (Å²) in [4.78, 5) is 28.4. The summed E-state index contributed by atoms with van der Waals surface area (Å²) in [6, 6.07) is 18.7. The van der Waals surface area contributed by atoms with Crippen LogP contribution < -0.4 is 9.62 Å². The van der Waals surface area contributed by atoms with Crippen molar-refractivity contribution in [3.63, 3.8) is 0 Å². The zero-order valence-corrected chi connectivity index (χ0v) is 25.7. The lowest BCUT2D eigenvalue weighted by Gasteiger charge is -2.32. The molecule has 7 nitrogen and oxygen atoms in total. The van der Waals surface area contributed by atoms with Gasteiger partial charge in [-0.05, 0) is 62.2 Å². The number of hydrogen-bond donors (Lipinski definition) is 1. The predicted molar refractivity (Wildman–Crippen MR) is 159 cm³/mol. The minimum absolute atomic E-state index is 0.00602. The topological polar surface area (TPSA) is 86.8 Å². The average Bonchev–Trinajstić information content (AvgIpc) is 2.92. The van der Waals surface area contributed by atoms with Crippen molar-refractivity contribution in [3.05, 3.63) is 92.9 Å². The zero-order chi connectivity index (χ0) is 28.7. The molecule has 0 spiro atoms. The molecule has 0 aliphatic rings. The second-order valence-electron chi connectivity index (χ2n) is 9.04. The Morgan fingerprint density at radius 2 is 1.59 bits per heavy atom. The number of nitrogens with one attached hydrogen (secondary N) is 1. The average molecular weight is 655 g/mol. The predicted octanol–water partition coefficient (Wildman–Crippen LogP) is 6.28. The first kappa shape index (κ1) is 30.9. The van der Waals surface area contributed by atoms with Gasteiger partial charge in [0.1, 0.15) is 12.6 Å². The fraction of sp³-hybridized carbons (Fsp3) is 0.286. The van der Waals surface area contributed by atoms with E-state index in [4.69, 9.17) is 23.2 Å². The van der Waals surface area contributed by atoms with Crippen LogP contribution in [0.15, 0.2) is 82.2 Å². The van der Waals surface area contributed by atoms with Gasteiger partial charge in [0.25, 0.3) is 10.0 Å². The van der Waals surface area contributed by atoms with Crippen molar-refractivity contribution in [1.29, 1.82) is 0 Å². The number of hydrogen-bond acceptors (Lipinski definition) is 4. The lowest BCUT2D eigenvalue weighted by atomic mass is 10.1. The zero-order valence-electron chi connectivity index (χ0n) is 21.8. The molecule has 0 aliphatic heterocycles. The second-order valence-corrected chi connectivity index (χ2v) is 12.6. The molecule has 2 atom stereocenters. The first-order chi connectivity index (χ1) is 18.4. The molecule has 2 amide bonds. The lowest BCUT2D eigenvalue weighted by molar-refractivity contribution is -0.139. The van der Waals surface area contributed by atoms with Gasteiger partial charge in [-0.25, -0.2) is 8.42 Å². The Bertz CT molecular complexity index is 1410. The van der Waals surface area contributed by atoms with Gasteiger partial charge in [0, 0.05) is 17.1 Å². The molecule has 0 saturated heterocycles. The van der Waals surface area contributed by atoms with Crippen molar-refractivity contribution in [2.24, 2.45) is 0 Å². The summed E-state index contributed by atoms with van der Waals surface area (Å²) in [5.41, 5.74) is 0.828. The Hall–Kier alpha value is -2.59. The number of carbonyl (C=O) groups is 2. The Labute approximate surface area is 248 Å². The number of nitrogens with zero attached hydrogens (tertiary/aromatic N) is 2. The molecule has 0 aromatic heterocycles. The fourth-order valence-corrected chi connectivity index (χ4v) is 5.91. The monoisotopic (exact) mass is 653 g/mol. The van der Waals surface area contributed by atoms with E-state index in [2.05, 4.69) is 21.2 Å². The van der Waals surface area contributed by atoms with E-state index in [0.717, 1.165) is 20.8 Å². The van der Waals surface area contributed by atoms with E-state index in [1.807, 2.05) is 38.1 Å². The van der Waals surface area contributed by atoms with E-state index in [-0.39, 0.29) is 39.1 Å². The molecule has 0 radical (unpaired) electrons. The lowest BCUT2D eigenvalue weighted by Crippen LogP contribution is -2.52. The summed E-state index contributed by atoms with van der Waals surface area (Å²) in [6.07, 6.45) is 0.718. The molecule has 0 unspecified atom stereocenters. The third kappa shape index (κ3) is 7.75. The summed E-state index contributed by atoms with van der Waals surface area (Å²) in [5.74, 6) is -0.923. The van der Waals surface area contributed by atoms with Crippen molar-refractivity contribution in [1.82, 2.24) is 10.2 Å². The second kappa shape index (κ2) is 13.7. The SMILES string of the molecule is CC[C@@H](C)NC(=O)[C@H](C)N(Cc1ccc(Br)cc1)C(=O)CN(c1cccc(Cl)c1Cl)S(=O)(=O)c1ccccc1. The Kier molecular flexibility index (Phi) is 10.8. The van der Waals surface area contributed by atoms with Crippen LogP contribution in [0, 0.1) is 0 Å². The van der Waals surface area contributed by atoms with E-state index in [0.29, 0.717) is 0 Å². The van der Waals surface area contributed by atoms with Gasteiger partial charge in [-0.1, -0.05) is 82.5 Å². The van der Waals surface area contributed by atoms with Crippen LogP contribution in [-0.2, 0) is 26.2 Å². The number of anilines is 1. The third-order valence-electron chi connectivity index (χ3n) is 6.24. The minimum Gasteiger partial charge on any atom is -0.352 e. The van der Waals surface area contributed by atoms with E-state index in [9.17, 15) is 18.0 Å². The van der Waals surface area contributed by atoms with Crippen LogP contribution in [0.4, 0.5) is 5.69 Å². The van der Waals surface area contributed by atoms with Crippen LogP contribution in [0.5, 0.6) is 0 Å². The molecule has 0 fully saturated rings. The molecule has 3 aromatic carbocycles.